The summed E-state index contributed by atoms with van der Waals surface area (Å²) in [5, 5.41) is 10.1. The van der Waals surface area contributed by atoms with Crippen molar-refractivity contribution < 1.29 is 19.5 Å². The number of urea groups is 1. The van der Waals surface area contributed by atoms with Crippen molar-refractivity contribution in [3.8, 4) is 0 Å². The standard InChI is InChI=1S/C19H23ClN6O4/c1-22-16-15(17(29)23(2)19(22)30)26(11-14(27)28)18(21-16)25-8-6-24(7-9-25)13-5-3-4-12(20)10-13/h3-5,10,15-16H,6-9,11H2,1-2H3,(H,27,28). The molecule has 0 aliphatic carbocycles. The van der Waals surface area contributed by atoms with Crippen molar-refractivity contribution >= 4 is 41.2 Å². The molecule has 3 aliphatic heterocycles. The molecule has 3 amide bonds. The largest absolute Gasteiger partial charge is 0.480 e. The minimum atomic E-state index is -1.06. The molecule has 3 aliphatic rings. The molecule has 1 aromatic rings. The molecule has 3 heterocycles. The fourth-order valence-corrected chi connectivity index (χ4v) is 4.35. The number of halogens is 1. The summed E-state index contributed by atoms with van der Waals surface area (Å²) in [4.78, 5) is 49.3. The number of piperazine rings is 1. The lowest BCUT2D eigenvalue weighted by molar-refractivity contribution is -0.141. The van der Waals surface area contributed by atoms with Crippen LogP contribution in [0.2, 0.25) is 5.02 Å². The molecule has 30 heavy (non-hydrogen) atoms. The van der Waals surface area contributed by atoms with Crippen molar-refractivity contribution in [1.82, 2.24) is 19.6 Å². The average molecular weight is 435 g/mol. The van der Waals surface area contributed by atoms with E-state index in [-0.39, 0.29) is 6.54 Å². The third kappa shape index (κ3) is 3.41. The summed E-state index contributed by atoms with van der Waals surface area (Å²) in [6.45, 7) is 2.22. The molecule has 2 atom stereocenters. The van der Waals surface area contributed by atoms with E-state index >= 15 is 0 Å². The first kappa shape index (κ1) is 20.3. The van der Waals surface area contributed by atoms with Gasteiger partial charge in [0.15, 0.2) is 18.2 Å². The van der Waals surface area contributed by atoms with E-state index in [0.717, 1.165) is 10.6 Å². The van der Waals surface area contributed by atoms with E-state index in [9.17, 15) is 19.5 Å². The Morgan fingerprint density at radius 1 is 1.17 bits per heavy atom. The fraction of sp³-hybridized carbons (Fsp3) is 0.474. The Balaban J connectivity index is 1.56. The molecule has 4 rings (SSSR count). The van der Waals surface area contributed by atoms with E-state index in [0.29, 0.717) is 37.2 Å². The number of nitrogens with zero attached hydrogens (tertiary/aromatic N) is 6. The molecule has 2 unspecified atom stereocenters. The number of guanidine groups is 1. The number of imide groups is 1. The van der Waals surface area contributed by atoms with Gasteiger partial charge in [-0.05, 0) is 18.2 Å². The number of hydrogen-bond acceptors (Lipinski definition) is 7. The van der Waals surface area contributed by atoms with Crippen LogP contribution >= 0.6 is 11.6 Å². The van der Waals surface area contributed by atoms with Crippen LogP contribution in [0, 0.1) is 0 Å². The van der Waals surface area contributed by atoms with Crippen molar-refractivity contribution in [1.29, 1.82) is 0 Å². The summed E-state index contributed by atoms with van der Waals surface area (Å²) in [5.41, 5.74) is 1.02. The van der Waals surface area contributed by atoms with Gasteiger partial charge in [-0.3, -0.25) is 14.5 Å². The van der Waals surface area contributed by atoms with Crippen LogP contribution in [0.5, 0.6) is 0 Å². The number of carboxylic acid groups (broad SMARTS) is 1. The number of anilines is 1. The van der Waals surface area contributed by atoms with E-state index < -0.39 is 30.1 Å². The van der Waals surface area contributed by atoms with E-state index in [1.807, 2.05) is 29.2 Å². The van der Waals surface area contributed by atoms with Crippen LogP contribution in [0.4, 0.5) is 10.5 Å². The second-order valence-corrected chi connectivity index (χ2v) is 7.99. The molecule has 160 valence electrons. The highest BCUT2D eigenvalue weighted by atomic mass is 35.5. The van der Waals surface area contributed by atoms with Crippen LogP contribution in [-0.2, 0) is 9.59 Å². The number of carbonyl (C=O) groups is 3. The summed E-state index contributed by atoms with van der Waals surface area (Å²) in [5.74, 6) is -1.06. The molecular weight excluding hydrogens is 412 g/mol. The molecule has 0 radical (unpaired) electrons. The zero-order chi connectivity index (χ0) is 21.6. The second kappa shape index (κ2) is 7.67. The molecule has 2 fully saturated rings. The first-order valence-corrected chi connectivity index (χ1v) is 10.0. The van der Waals surface area contributed by atoms with Gasteiger partial charge < -0.3 is 24.7 Å². The maximum atomic E-state index is 12.8. The predicted octanol–water partition coefficient (Wildman–Crippen LogP) is 0.437. The number of amides is 3. The summed E-state index contributed by atoms with van der Waals surface area (Å²) < 4.78 is 0. The summed E-state index contributed by atoms with van der Waals surface area (Å²) >= 11 is 6.10. The lowest BCUT2D eigenvalue weighted by Crippen LogP contribution is -2.65. The van der Waals surface area contributed by atoms with Gasteiger partial charge in [0.1, 0.15) is 6.54 Å². The van der Waals surface area contributed by atoms with Gasteiger partial charge in [-0.15, -0.1) is 0 Å². The monoisotopic (exact) mass is 434 g/mol. The molecule has 10 nitrogen and oxygen atoms in total. The topological polar surface area (TPSA) is 100 Å². The predicted molar refractivity (Wildman–Crippen MR) is 111 cm³/mol. The lowest BCUT2D eigenvalue weighted by atomic mass is 10.1. The molecule has 11 heteroatoms. The van der Waals surface area contributed by atoms with E-state index in [1.165, 1.54) is 16.8 Å². The quantitative estimate of drug-likeness (QED) is 0.736. The number of carbonyl (C=O) groups excluding carboxylic acids is 2. The third-order valence-corrected chi connectivity index (χ3v) is 5.97. The first-order chi connectivity index (χ1) is 14.3. The second-order valence-electron chi connectivity index (χ2n) is 7.55. The summed E-state index contributed by atoms with van der Waals surface area (Å²) in [7, 11) is 2.98. The van der Waals surface area contributed by atoms with Gasteiger partial charge >= 0.3 is 12.0 Å². The van der Waals surface area contributed by atoms with Gasteiger partial charge in [0.2, 0.25) is 0 Å². The Morgan fingerprint density at radius 2 is 1.83 bits per heavy atom. The van der Waals surface area contributed by atoms with Crippen molar-refractivity contribution in [2.75, 3.05) is 51.7 Å². The normalized spacial score (nSPS) is 24.4. The Bertz CT molecular complexity index is 916. The molecule has 0 spiro atoms. The summed E-state index contributed by atoms with van der Waals surface area (Å²) in [6, 6.07) is 6.34. The minimum Gasteiger partial charge on any atom is -0.480 e. The van der Waals surface area contributed by atoms with Crippen molar-refractivity contribution in [3.63, 3.8) is 0 Å². The Kier molecular flexibility index (Phi) is 5.19. The van der Waals surface area contributed by atoms with Gasteiger partial charge in [-0.2, -0.15) is 0 Å². The van der Waals surface area contributed by atoms with Crippen LogP contribution in [-0.4, -0.2) is 108 Å². The zero-order valence-electron chi connectivity index (χ0n) is 16.7. The SMILES string of the molecule is CN1C(=O)C2C(N=C(N3CCN(c4cccc(Cl)c4)CC3)N2CC(=O)O)N(C)C1=O. The van der Waals surface area contributed by atoms with Crippen molar-refractivity contribution in [2.45, 2.75) is 12.2 Å². The van der Waals surface area contributed by atoms with Gasteiger partial charge in [-0.25, -0.2) is 9.79 Å². The maximum absolute atomic E-state index is 12.8. The van der Waals surface area contributed by atoms with Gasteiger partial charge in [0.25, 0.3) is 5.91 Å². The van der Waals surface area contributed by atoms with E-state index in [4.69, 9.17) is 11.6 Å². The molecule has 0 bridgehead atoms. The van der Waals surface area contributed by atoms with Crippen LogP contribution in [0.15, 0.2) is 29.3 Å². The number of aliphatic carboxylic acids is 1. The van der Waals surface area contributed by atoms with Crippen molar-refractivity contribution in [2.24, 2.45) is 4.99 Å². The average Bonchev–Trinajstić information content (AvgIpc) is 3.09. The Labute approximate surface area is 178 Å². The van der Waals surface area contributed by atoms with Crippen LogP contribution < -0.4 is 4.90 Å². The molecule has 1 aromatic carbocycles. The zero-order valence-corrected chi connectivity index (χ0v) is 17.5. The third-order valence-electron chi connectivity index (χ3n) is 5.73. The smallest absolute Gasteiger partial charge is 0.328 e. The molecular formula is C19H23ClN6O4. The maximum Gasteiger partial charge on any atom is 0.328 e. The highest BCUT2D eigenvalue weighted by Gasteiger charge is 2.52. The highest BCUT2D eigenvalue weighted by Crippen LogP contribution is 2.29. The van der Waals surface area contributed by atoms with Gasteiger partial charge in [0, 0.05) is 51.0 Å². The highest BCUT2D eigenvalue weighted by molar-refractivity contribution is 6.30. The number of fused-ring (bicyclic) bond motifs is 1. The summed E-state index contributed by atoms with van der Waals surface area (Å²) in [6.07, 6.45) is -0.735. The van der Waals surface area contributed by atoms with Crippen molar-refractivity contribution in [3.05, 3.63) is 29.3 Å². The molecule has 2 saturated heterocycles. The fourth-order valence-electron chi connectivity index (χ4n) is 4.17. The molecule has 0 saturated carbocycles. The number of benzene rings is 1. The number of likely N-dealkylation sites (N-methyl/N-ethyl adjacent to an activating group) is 2. The van der Waals surface area contributed by atoms with Gasteiger partial charge in [0.05, 0.1) is 0 Å². The number of rotatable bonds is 3. The molecule has 0 aromatic heterocycles. The van der Waals surface area contributed by atoms with E-state index in [1.54, 1.807) is 7.05 Å². The minimum absolute atomic E-state index is 0.365. The first-order valence-electron chi connectivity index (χ1n) is 9.64. The van der Waals surface area contributed by atoms with Crippen LogP contribution in [0.1, 0.15) is 0 Å². The van der Waals surface area contributed by atoms with Crippen LogP contribution in [0.25, 0.3) is 0 Å². The number of hydrogen-bond donors (Lipinski definition) is 1. The Hall–Kier alpha value is -3.01. The van der Waals surface area contributed by atoms with Crippen LogP contribution in [0.3, 0.4) is 0 Å². The number of carboxylic acids is 1. The lowest BCUT2D eigenvalue weighted by Gasteiger charge is -2.41. The Morgan fingerprint density at radius 3 is 2.47 bits per heavy atom. The van der Waals surface area contributed by atoms with E-state index in [2.05, 4.69) is 9.89 Å². The number of aliphatic imine (C=N–C) groups is 1. The van der Waals surface area contributed by atoms with Gasteiger partial charge in [-0.1, -0.05) is 17.7 Å². The molecule has 1 N–H and O–H groups in total.